The number of piperazine rings is 1. The number of carbonyl (C=O) groups is 1. The minimum Gasteiger partial charge on any atom is -0.366 e. The fraction of sp³-hybridized carbons (Fsp3) is 0.500. The summed E-state index contributed by atoms with van der Waals surface area (Å²) in [5.41, 5.74) is 1.51. The van der Waals surface area contributed by atoms with Crippen LogP contribution in [0.15, 0.2) is 30.3 Å². The molecule has 2 heterocycles. The van der Waals surface area contributed by atoms with Gasteiger partial charge in [0, 0.05) is 32.2 Å². The van der Waals surface area contributed by atoms with E-state index in [1.54, 1.807) is 17.0 Å². The van der Waals surface area contributed by atoms with Gasteiger partial charge in [-0.15, -0.1) is 0 Å². The average molecular weight is 371 g/mol. The van der Waals surface area contributed by atoms with Gasteiger partial charge >= 0.3 is 6.03 Å². The Bertz CT molecular complexity index is 824. The van der Waals surface area contributed by atoms with Gasteiger partial charge in [-0.2, -0.15) is 5.10 Å². The zero-order valence-electron chi connectivity index (χ0n) is 15.9. The summed E-state index contributed by atoms with van der Waals surface area (Å²) in [5, 5.41) is 7.59. The van der Waals surface area contributed by atoms with Crippen LogP contribution in [0, 0.1) is 18.7 Å². The molecular formula is C20H26FN5O. The number of hydrogen-bond donors (Lipinski definition) is 1. The third kappa shape index (κ3) is 3.77. The number of anilines is 2. The number of nitrogens with zero attached hydrogens (tertiary/aromatic N) is 4. The summed E-state index contributed by atoms with van der Waals surface area (Å²) in [4.78, 5) is 16.5. The number of nitrogens with one attached hydrogen (secondary N) is 1. The molecule has 7 heteroatoms. The van der Waals surface area contributed by atoms with Crippen molar-refractivity contribution in [2.45, 2.75) is 32.7 Å². The molecule has 1 saturated carbocycles. The van der Waals surface area contributed by atoms with Crippen molar-refractivity contribution in [1.29, 1.82) is 0 Å². The lowest BCUT2D eigenvalue weighted by Gasteiger charge is -2.36. The molecule has 4 rings (SSSR count). The van der Waals surface area contributed by atoms with Gasteiger partial charge in [-0.3, -0.25) is 5.32 Å². The number of rotatable bonds is 4. The van der Waals surface area contributed by atoms with E-state index in [4.69, 9.17) is 0 Å². The first-order chi connectivity index (χ1) is 13.0. The number of urea groups is 1. The largest absolute Gasteiger partial charge is 0.366 e. The Balaban J connectivity index is 1.38. The molecule has 2 aromatic rings. The van der Waals surface area contributed by atoms with Gasteiger partial charge in [0.25, 0.3) is 0 Å². The molecule has 144 valence electrons. The van der Waals surface area contributed by atoms with E-state index in [9.17, 15) is 9.18 Å². The lowest BCUT2D eigenvalue weighted by atomic mass is 10.2. The summed E-state index contributed by atoms with van der Waals surface area (Å²) in [6.07, 6.45) is 2.46. The van der Waals surface area contributed by atoms with E-state index in [2.05, 4.69) is 17.3 Å². The first-order valence-corrected chi connectivity index (χ1v) is 9.64. The number of carbonyl (C=O) groups excluding carboxylic acids is 1. The Morgan fingerprint density at radius 1 is 1.22 bits per heavy atom. The molecule has 1 aliphatic carbocycles. The Morgan fingerprint density at radius 3 is 2.59 bits per heavy atom. The second kappa shape index (κ2) is 7.21. The molecule has 6 nitrogen and oxygen atoms in total. The normalized spacial score (nSPS) is 18.5. The smallest absolute Gasteiger partial charge is 0.323 e. The molecule has 1 saturated heterocycles. The van der Waals surface area contributed by atoms with Crippen LogP contribution in [0.25, 0.3) is 0 Å². The third-order valence-electron chi connectivity index (χ3n) is 5.54. The van der Waals surface area contributed by atoms with E-state index in [1.165, 1.54) is 18.9 Å². The average Bonchev–Trinajstić information content (AvgIpc) is 3.45. The molecular weight excluding hydrogens is 345 g/mol. The molecule has 1 N–H and O–H groups in total. The molecule has 1 unspecified atom stereocenters. The van der Waals surface area contributed by atoms with Crippen LogP contribution in [0.4, 0.5) is 20.7 Å². The van der Waals surface area contributed by atoms with Gasteiger partial charge < -0.3 is 9.80 Å². The maximum absolute atomic E-state index is 14.0. The van der Waals surface area contributed by atoms with E-state index < -0.39 is 0 Å². The molecule has 0 bridgehead atoms. The van der Waals surface area contributed by atoms with Crippen molar-refractivity contribution in [3.63, 3.8) is 0 Å². The second-order valence-electron chi connectivity index (χ2n) is 7.55. The summed E-state index contributed by atoms with van der Waals surface area (Å²) in [6.45, 7) is 6.46. The van der Waals surface area contributed by atoms with Gasteiger partial charge in [0.15, 0.2) is 0 Å². The van der Waals surface area contributed by atoms with Crippen molar-refractivity contribution in [2.24, 2.45) is 5.92 Å². The number of benzene rings is 1. The Hall–Kier alpha value is -2.57. The number of hydrogen-bond acceptors (Lipinski definition) is 3. The zero-order valence-corrected chi connectivity index (χ0v) is 15.9. The van der Waals surface area contributed by atoms with Crippen LogP contribution < -0.4 is 10.2 Å². The second-order valence-corrected chi connectivity index (χ2v) is 7.55. The van der Waals surface area contributed by atoms with E-state index >= 15 is 0 Å². The molecule has 27 heavy (non-hydrogen) atoms. The fourth-order valence-corrected chi connectivity index (χ4v) is 3.75. The van der Waals surface area contributed by atoms with Crippen molar-refractivity contribution < 1.29 is 9.18 Å². The van der Waals surface area contributed by atoms with Gasteiger partial charge in [-0.1, -0.05) is 12.1 Å². The van der Waals surface area contributed by atoms with Crippen LogP contribution in [0.3, 0.4) is 0 Å². The van der Waals surface area contributed by atoms with Crippen molar-refractivity contribution in [3.8, 4) is 0 Å². The van der Waals surface area contributed by atoms with Crippen molar-refractivity contribution >= 4 is 17.5 Å². The highest BCUT2D eigenvalue weighted by atomic mass is 19.1. The van der Waals surface area contributed by atoms with Crippen LogP contribution >= 0.6 is 0 Å². The molecule has 2 amide bonds. The quantitative estimate of drug-likeness (QED) is 0.892. The summed E-state index contributed by atoms with van der Waals surface area (Å²) >= 11 is 0. The number of aryl methyl sites for hydroxylation is 1. The van der Waals surface area contributed by atoms with Crippen LogP contribution in [0.1, 0.15) is 31.5 Å². The predicted octanol–water partition coefficient (Wildman–Crippen LogP) is 3.66. The molecule has 0 radical (unpaired) electrons. The van der Waals surface area contributed by atoms with Gasteiger partial charge in [-0.05, 0) is 44.7 Å². The maximum atomic E-state index is 14.0. The van der Waals surface area contributed by atoms with Gasteiger partial charge in [-0.25, -0.2) is 13.9 Å². The maximum Gasteiger partial charge on any atom is 0.323 e. The Labute approximate surface area is 158 Å². The molecule has 2 aliphatic rings. The zero-order chi connectivity index (χ0) is 19.0. The first-order valence-electron chi connectivity index (χ1n) is 9.64. The predicted molar refractivity (Wildman–Crippen MR) is 104 cm³/mol. The number of halogens is 1. The summed E-state index contributed by atoms with van der Waals surface area (Å²) in [7, 11) is 0. The lowest BCUT2D eigenvalue weighted by molar-refractivity contribution is 0.207. The molecule has 1 atom stereocenters. The Kier molecular flexibility index (Phi) is 4.76. The lowest BCUT2D eigenvalue weighted by Crippen LogP contribution is -2.50. The van der Waals surface area contributed by atoms with E-state index in [-0.39, 0.29) is 11.8 Å². The Morgan fingerprint density at radius 2 is 1.93 bits per heavy atom. The highest BCUT2D eigenvalue weighted by Crippen LogP contribution is 2.40. The minimum atomic E-state index is -0.219. The molecule has 2 fully saturated rings. The van der Waals surface area contributed by atoms with Crippen molar-refractivity contribution in [3.05, 3.63) is 41.8 Å². The molecule has 0 spiro atoms. The van der Waals surface area contributed by atoms with Crippen molar-refractivity contribution in [2.75, 3.05) is 36.4 Å². The van der Waals surface area contributed by atoms with E-state index in [1.807, 2.05) is 28.6 Å². The molecule has 1 aromatic carbocycles. The van der Waals surface area contributed by atoms with Gasteiger partial charge in [0.1, 0.15) is 11.6 Å². The topological polar surface area (TPSA) is 53.4 Å². The summed E-state index contributed by atoms with van der Waals surface area (Å²) < 4.78 is 15.9. The highest BCUT2D eigenvalue weighted by molar-refractivity contribution is 5.88. The van der Waals surface area contributed by atoms with Crippen LogP contribution in [-0.4, -0.2) is 46.9 Å². The van der Waals surface area contributed by atoms with Gasteiger partial charge in [0.2, 0.25) is 0 Å². The van der Waals surface area contributed by atoms with Crippen LogP contribution in [0.5, 0.6) is 0 Å². The standard InChI is InChI=1S/C20H26FN5O/c1-14-13-19(26(23-14)15(2)16-7-8-16)22-20(27)25-11-9-24(10-12-25)18-6-4-3-5-17(18)21/h3-6,13,15-16H,7-12H2,1-2H3,(H,22,27). The SMILES string of the molecule is Cc1cc(NC(=O)N2CCN(c3ccccc3F)CC2)n(C(C)C2CC2)n1. The number of aromatic nitrogens is 2. The fourth-order valence-electron chi connectivity index (χ4n) is 3.75. The van der Waals surface area contributed by atoms with Crippen LogP contribution in [0.2, 0.25) is 0 Å². The third-order valence-corrected chi connectivity index (χ3v) is 5.54. The van der Waals surface area contributed by atoms with Crippen LogP contribution in [-0.2, 0) is 0 Å². The van der Waals surface area contributed by atoms with E-state index in [0.29, 0.717) is 43.8 Å². The number of amides is 2. The molecule has 1 aromatic heterocycles. The van der Waals surface area contributed by atoms with Crippen molar-refractivity contribution in [1.82, 2.24) is 14.7 Å². The van der Waals surface area contributed by atoms with Gasteiger partial charge in [0.05, 0.1) is 17.4 Å². The monoisotopic (exact) mass is 371 g/mol. The molecule has 1 aliphatic heterocycles. The first kappa shape index (κ1) is 17.8. The highest BCUT2D eigenvalue weighted by Gasteiger charge is 2.31. The summed E-state index contributed by atoms with van der Waals surface area (Å²) in [5.74, 6) is 1.20. The summed E-state index contributed by atoms with van der Waals surface area (Å²) in [6, 6.07) is 8.88. The number of para-hydroxylation sites is 1. The minimum absolute atomic E-state index is 0.118. The van der Waals surface area contributed by atoms with E-state index in [0.717, 1.165) is 11.5 Å².